The first-order valence-corrected chi connectivity index (χ1v) is 9.92. The van der Waals surface area contributed by atoms with Crippen molar-refractivity contribution in [3.63, 3.8) is 0 Å². The van der Waals surface area contributed by atoms with Crippen LogP contribution in [0, 0.1) is 10.1 Å². The molecule has 0 atom stereocenters. The zero-order valence-electron chi connectivity index (χ0n) is 17.9. The average Bonchev–Trinajstić information content (AvgIpc) is 3.19. The van der Waals surface area contributed by atoms with Gasteiger partial charge in [0.05, 0.1) is 41.8 Å². The molecule has 1 heterocycles. The number of hydrogen-bond donors (Lipinski definition) is 1. The maximum Gasteiger partial charge on any atom is 0.280 e. The Morgan fingerprint density at radius 3 is 2.03 bits per heavy atom. The van der Waals surface area contributed by atoms with Crippen molar-refractivity contribution in [3.05, 3.63) is 98.8 Å². The fourth-order valence-corrected chi connectivity index (χ4v) is 3.26. The normalized spacial score (nSPS) is 11.0. The average molecular weight is 444 g/mol. The van der Waals surface area contributed by atoms with Gasteiger partial charge in [-0.15, -0.1) is 0 Å². The zero-order valence-corrected chi connectivity index (χ0v) is 17.9. The molecule has 9 heteroatoms. The molecule has 0 amide bonds. The van der Waals surface area contributed by atoms with Gasteiger partial charge in [-0.3, -0.25) is 25.0 Å². The molecular formula is C24H20N4O5. The SMILES string of the molecule is COc1ccc(N=Cc2c(-c3ccc(OC)cc3)[nH]n(-c3ccc([N+](=O)[O-])cc3)c2=O)cc1. The Kier molecular flexibility index (Phi) is 6.03. The summed E-state index contributed by atoms with van der Waals surface area (Å²) in [5, 5.41) is 14.1. The highest BCUT2D eigenvalue weighted by atomic mass is 16.6. The second-order valence-corrected chi connectivity index (χ2v) is 7.00. The van der Waals surface area contributed by atoms with Gasteiger partial charge >= 0.3 is 0 Å². The van der Waals surface area contributed by atoms with E-state index in [4.69, 9.17) is 9.47 Å². The van der Waals surface area contributed by atoms with Crippen molar-refractivity contribution < 1.29 is 14.4 Å². The first kappa shape index (κ1) is 21.6. The second-order valence-electron chi connectivity index (χ2n) is 7.00. The van der Waals surface area contributed by atoms with Crippen LogP contribution < -0.4 is 15.0 Å². The van der Waals surface area contributed by atoms with E-state index in [9.17, 15) is 14.9 Å². The van der Waals surface area contributed by atoms with E-state index in [1.54, 1.807) is 50.6 Å². The van der Waals surface area contributed by atoms with Gasteiger partial charge in [0.1, 0.15) is 11.5 Å². The standard InChI is InChI=1S/C24H20N4O5/c1-32-20-11-3-16(4-12-20)23-22(15-25-17-5-13-21(33-2)14-6-17)24(29)27(26-23)18-7-9-19(10-8-18)28(30)31/h3-15,26H,1-2H3. The first-order valence-electron chi connectivity index (χ1n) is 9.92. The number of ether oxygens (including phenoxy) is 2. The molecule has 0 bridgehead atoms. The Morgan fingerprint density at radius 1 is 0.909 bits per heavy atom. The van der Waals surface area contributed by atoms with Crippen LogP contribution in [0.1, 0.15) is 5.56 Å². The van der Waals surface area contributed by atoms with Crippen molar-refractivity contribution in [1.29, 1.82) is 0 Å². The molecule has 4 rings (SSSR count). The van der Waals surface area contributed by atoms with E-state index < -0.39 is 4.92 Å². The van der Waals surface area contributed by atoms with Gasteiger partial charge in [0.2, 0.25) is 0 Å². The van der Waals surface area contributed by atoms with E-state index in [1.165, 1.54) is 35.2 Å². The third-order valence-electron chi connectivity index (χ3n) is 5.04. The fourth-order valence-electron chi connectivity index (χ4n) is 3.26. The number of aromatic amines is 1. The van der Waals surface area contributed by atoms with Gasteiger partial charge in [-0.2, -0.15) is 0 Å². The van der Waals surface area contributed by atoms with E-state index in [2.05, 4.69) is 10.1 Å². The lowest BCUT2D eigenvalue weighted by atomic mass is 10.1. The number of nitro groups is 1. The molecule has 0 saturated heterocycles. The molecule has 0 aliphatic heterocycles. The lowest BCUT2D eigenvalue weighted by Gasteiger charge is -2.04. The van der Waals surface area contributed by atoms with Gasteiger partial charge in [-0.05, 0) is 60.7 Å². The smallest absolute Gasteiger partial charge is 0.280 e. The number of non-ortho nitro benzene ring substituents is 1. The number of nitro benzene ring substituents is 1. The summed E-state index contributed by atoms with van der Waals surface area (Å²) in [6.45, 7) is 0. The summed E-state index contributed by atoms with van der Waals surface area (Å²) in [6.07, 6.45) is 1.50. The quantitative estimate of drug-likeness (QED) is 0.256. The number of benzene rings is 3. The molecule has 0 spiro atoms. The van der Waals surface area contributed by atoms with E-state index >= 15 is 0 Å². The third-order valence-corrected chi connectivity index (χ3v) is 5.04. The molecule has 0 radical (unpaired) electrons. The van der Waals surface area contributed by atoms with Crippen LogP contribution in [0.25, 0.3) is 16.9 Å². The maximum absolute atomic E-state index is 13.3. The maximum atomic E-state index is 13.3. The van der Waals surface area contributed by atoms with Crippen LogP contribution in [-0.2, 0) is 0 Å². The molecule has 1 N–H and O–H groups in total. The Balaban J connectivity index is 1.80. The second kappa shape index (κ2) is 9.23. The Labute approximate surface area is 188 Å². The number of aliphatic imine (C=N–C) groups is 1. The Morgan fingerprint density at radius 2 is 1.48 bits per heavy atom. The molecule has 1 aromatic heterocycles. The highest BCUT2D eigenvalue weighted by Gasteiger charge is 2.16. The lowest BCUT2D eigenvalue weighted by molar-refractivity contribution is -0.384. The van der Waals surface area contributed by atoms with Gasteiger partial charge in [0.15, 0.2) is 0 Å². The van der Waals surface area contributed by atoms with Crippen LogP contribution in [0.3, 0.4) is 0 Å². The predicted molar refractivity (Wildman–Crippen MR) is 125 cm³/mol. The molecule has 0 aliphatic carbocycles. The van der Waals surface area contributed by atoms with Crippen molar-refractivity contribution in [3.8, 4) is 28.4 Å². The molecule has 3 aromatic carbocycles. The number of aromatic nitrogens is 2. The number of H-pyrrole nitrogens is 1. The third kappa shape index (κ3) is 4.52. The topological polar surface area (TPSA) is 112 Å². The fraction of sp³-hybridized carbons (Fsp3) is 0.0833. The Hall–Kier alpha value is -4.66. The summed E-state index contributed by atoms with van der Waals surface area (Å²) in [5.41, 5.74) is 2.36. The van der Waals surface area contributed by atoms with Crippen molar-refractivity contribution in [1.82, 2.24) is 9.78 Å². The van der Waals surface area contributed by atoms with E-state index in [-0.39, 0.29) is 11.2 Å². The van der Waals surface area contributed by atoms with Crippen LogP contribution in [0.4, 0.5) is 11.4 Å². The first-order chi connectivity index (χ1) is 16.0. The monoisotopic (exact) mass is 444 g/mol. The van der Waals surface area contributed by atoms with Crippen LogP contribution in [0.5, 0.6) is 11.5 Å². The summed E-state index contributed by atoms with van der Waals surface area (Å²) in [4.78, 5) is 28.2. The molecule has 33 heavy (non-hydrogen) atoms. The largest absolute Gasteiger partial charge is 0.497 e. The molecule has 0 saturated carbocycles. The lowest BCUT2D eigenvalue weighted by Crippen LogP contribution is -2.17. The van der Waals surface area contributed by atoms with Crippen LogP contribution in [0.15, 0.2) is 82.6 Å². The summed E-state index contributed by atoms with van der Waals surface area (Å²) in [5.74, 6) is 1.39. The molecule has 0 aliphatic rings. The number of hydrogen-bond acceptors (Lipinski definition) is 6. The van der Waals surface area contributed by atoms with Gasteiger partial charge in [-0.25, -0.2) is 4.68 Å². The highest BCUT2D eigenvalue weighted by Crippen LogP contribution is 2.24. The number of nitrogens with one attached hydrogen (secondary N) is 1. The van der Waals surface area contributed by atoms with Crippen LogP contribution >= 0.6 is 0 Å². The molecule has 9 nitrogen and oxygen atoms in total. The van der Waals surface area contributed by atoms with E-state index in [0.717, 1.165) is 5.56 Å². The number of nitrogens with zero attached hydrogens (tertiary/aromatic N) is 3. The minimum absolute atomic E-state index is 0.0602. The predicted octanol–water partition coefficient (Wildman–Crippen LogP) is 4.51. The van der Waals surface area contributed by atoms with Gasteiger partial charge < -0.3 is 9.47 Å². The van der Waals surface area contributed by atoms with Crippen LogP contribution in [0.2, 0.25) is 0 Å². The van der Waals surface area contributed by atoms with Crippen molar-refractivity contribution in [2.75, 3.05) is 14.2 Å². The van der Waals surface area contributed by atoms with Crippen LogP contribution in [-0.4, -0.2) is 35.1 Å². The minimum atomic E-state index is -0.489. The van der Waals surface area contributed by atoms with Gasteiger partial charge in [0.25, 0.3) is 11.2 Å². The summed E-state index contributed by atoms with van der Waals surface area (Å²) < 4.78 is 11.7. The van der Waals surface area contributed by atoms with Crippen molar-refractivity contribution >= 4 is 17.6 Å². The number of rotatable bonds is 7. The molecule has 0 unspecified atom stereocenters. The number of methoxy groups -OCH3 is 2. The molecule has 0 fully saturated rings. The van der Waals surface area contributed by atoms with E-state index in [0.29, 0.717) is 34.1 Å². The summed E-state index contributed by atoms with van der Waals surface area (Å²) in [6, 6.07) is 20.1. The van der Waals surface area contributed by atoms with Crippen molar-refractivity contribution in [2.45, 2.75) is 0 Å². The van der Waals surface area contributed by atoms with Gasteiger partial charge in [0, 0.05) is 23.9 Å². The highest BCUT2D eigenvalue weighted by molar-refractivity contribution is 5.90. The molecule has 166 valence electrons. The zero-order chi connectivity index (χ0) is 23.4. The van der Waals surface area contributed by atoms with Crippen molar-refractivity contribution in [2.24, 2.45) is 4.99 Å². The van der Waals surface area contributed by atoms with Gasteiger partial charge in [-0.1, -0.05) is 0 Å². The molecular weight excluding hydrogens is 424 g/mol. The molecule has 4 aromatic rings. The van der Waals surface area contributed by atoms with E-state index in [1.807, 2.05) is 12.1 Å². The minimum Gasteiger partial charge on any atom is -0.497 e. The summed E-state index contributed by atoms with van der Waals surface area (Å²) >= 11 is 0. The summed E-state index contributed by atoms with van der Waals surface area (Å²) in [7, 11) is 3.16. The Bertz CT molecular complexity index is 1350.